The summed E-state index contributed by atoms with van der Waals surface area (Å²) in [6.45, 7) is 12.7. The van der Waals surface area contributed by atoms with Gasteiger partial charge in [-0.1, -0.05) is 13.8 Å². The van der Waals surface area contributed by atoms with Crippen molar-refractivity contribution in [1.82, 2.24) is 10.2 Å². The van der Waals surface area contributed by atoms with Crippen molar-refractivity contribution in [2.24, 2.45) is 0 Å². The van der Waals surface area contributed by atoms with Gasteiger partial charge in [0.2, 0.25) is 0 Å². The molecule has 1 N–H and O–H groups in total. The second-order valence-electron chi connectivity index (χ2n) is 4.12. The van der Waals surface area contributed by atoms with E-state index in [1.165, 1.54) is 13.0 Å². The van der Waals surface area contributed by atoms with Gasteiger partial charge >= 0.3 is 0 Å². The Morgan fingerprint density at radius 3 is 2.58 bits per heavy atom. The van der Waals surface area contributed by atoms with Gasteiger partial charge in [-0.25, -0.2) is 0 Å². The first-order chi connectivity index (χ1) is 5.64. The summed E-state index contributed by atoms with van der Waals surface area (Å²) >= 11 is 0. The van der Waals surface area contributed by atoms with Crippen LogP contribution in [0.3, 0.4) is 0 Å². The molecule has 0 aromatic carbocycles. The molecular formula is C10H22N2. The van der Waals surface area contributed by atoms with Crippen molar-refractivity contribution < 1.29 is 0 Å². The van der Waals surface area contributed by atoms with Gasteiger partial charge in [-0.15, -0.1) is 0 Å². The number of likely N-dealkylation sites (N-methyl/N-ethyl adjacent to an activating group) is 1. The van der Waals surface area contributed by atoms with Crippen molar-refractivity contribution >= 4 is 0 Å². The molecule has 0 aromatic rings. The maximum absolute atomic E-state index is 3.50. The zero-order valence-corrected chi connectivity index (χ0v) is 8.85. The van der Waals surface area contributed by atoms with Crippen LogP contribution in [0.25, 0.3) is 0 Å². The second-order valence-corrected chi connectivity index (χ2v) is 4.12. The largest absolute Gasteiger partial charge is 0.313 e. The Morgan fingerprint density at radius 1 is 1.50 bits per heavy atom. The highest BCUT2D eigenvalue weighted by molar-refractivity contribution is 4.94. The van der Waals surface area contributed by atoms with E-state index in [4.69, 9.17) is 0 Å². The number of nitrogens with one attached hydrogen (secondary N) is 1. The maximum atomic E-state index is 3.50. The Bertz CT molecular complexity index is 147. The maximum Gasteiger partial charge on any atom is 0.0306 e. The lowest BCUT2D eigenvalue weighted by Crippen LogP contribution is -2.62. The van der Waals surface area contributed by atoms with Crippen LogP contribution >= 0.6 is 0 Å². The summed E-state index contributed by atoms with van der Waals surface area (Å²) in [5.41, 5.74) is 0.381. The number of nitrogens with zero attached hydrogens (tertiary/aromatic N) is 1. The van der Waals surface area contributed by atoms with Crippen LogP contribution in [0.2, 0.25) is 0 Å². The molecule has 1 rings (SSSR count). The second kappa shape index (κ2) is 3.75. The molecule has 0 spiro atoms. The predicted molar refractivity (Wildman–Crippen MR) is 53.4 cm³/mol. The monoisotopic (exact) mass is 170 g/mol. The van der Waals surface area contributed by atoms with E-state index in [0.717, 1.165) is 13.1 Å². The number of piperazine rings is 1. The molecule has 72 valence electrons. The molecule has 2 heteroatoms. The third kappa shape index (κ3) is 1.64. The highest BCUT2D eigenvalue weighted by Gasteiger charge is 2.35. The molecule has 0 aromatic heterocycles. The molecule has 1 heterocycles. The molecule has 1 aliphatic heterocycles. The number of rotatable bonds is 2. The highest BCUT2D eigenvalue weighted by atomic mass is 15.3. The van der Waals surface area contributed by atoms with Crippen molar-refractivity contribution in [3.05, 3.63) is 0 Å². The van der Waals surface area contributed by atoms with E-state index in [9.17, 15) is 0 Å². The third-order valence-corrected chi connectivity index (χ3v) is 3.27. The molecule has 0 aliphatic carbocycles. The summed E-state index contributed by atoms with van der Waals surface area (Å²) < 4.78 is 0. The Labute approximate surface area is 76.3 Å². The van der Waals surface area contributed by atoms with E-state index in [1.54, 1.807) is 0 Å². The summed E-state index contributed by atoms with van der Waals surface area (Å²) in [4.78, 5) is 2.61. The average molecular weight is 170 g/mol. The lowest BCUT2D eigenvalue weighted by atomic mass is 9.92. The lowest BCUT2D eigenvalue weighted by Gasteiger charge is -2.48. The van der Waals surface area contributed by atoms with E-state index < -0.39 is 0 Å². The summed E-state index contributed by atoms with van der Waals surface area (Å²) in [7, 11) is 0. The van der Waals surface area contributed by atoms with Gasteiger partial charge in [0, 0.05) is 24.7 Å². The summed E-state index contributed by atoms with van der Waals surface area (Å²) in [5, 5.41) is 3.50. The van der Waals surface area contributed by atoms with Gasteiger partial charge in [-0.2, -0.15) is 0 Å². The fourth-order valence-corrected chi connectivity index (χ4v) is 2.32. The predicted octanol–water partition coefficient (Wildman–Crippen LogP) is 1.47. The minimum Gasteiger partial charge on any atom is -0.313 e. The Morgan fingerprint density at radius 2 is 2.17 bits per heavy atom. The molecular weight excluding hydrogens is 148 g/mol. The van der Waals surface area contributed by atoms with Crippen molar-refractivity contribution in [3.63, 3.8) is 0 Å². The molecule has 0 radical (unpaired) electrons. The normalized spacial score (nSPS) is 38.5. The van der Waals surface area contributed by atoms with Crippen LogP contribution in [0.15, 0.2) is 0 Å². The van der Waals surface area contributed by atoms with Crippen LogP contribution in [-0.4, -0.2) is 36.1 Å². The fourth-order valence-electron chi connectivity index (χ4n) is 2.32. The minimum absolute atomic E-state index is 0.381. The molecule has 1 fully saturated rings. The Hall–Kier alpha value is -0.0800. The van der Waals surface area contributed by atoms with Gasteiger partial charge in [-0.05, 0) is 26.8 Å². The average Bonchev–Trinajstić information content (AvgIpc) is 2.05. The molecule has 2 nitrogen and oxygen atoms in total. The third-order valence-electron chi connectivity index (χ3n) is 3.27. The van der Waals surface area contributed by atoms with E-state index in [2.05, 4.69) is 37.9 Å². The molecule has 1 aliphatic rings. The van der Waals surface area contributed by atoms with Crippen LogP contribution < -0.4 is 5.32 Å². The van der Waals surface area contributed by atoms with Gasteiger partial charge in [-0.3, -0.25) is 4.90 Å². The van der Waals surface area contributed by atoms with Crippen LogP contribution in [-0.2, 0) is 0 Å². The van der Waals surface area contributed by atoms with Crippen LogP contribution in [0.5, 0.6) is 0 Å². The molecule has 1 saturated heterocycles. The van der Waals surface area contributed by atoms with Gasteiger partial charge < -0.3 is 5.32 Å². The van der Waals surface area contributed by atoms with E-state index in [0.29, 0.717) is 11.6 Å². The molecule has 0 amide bonds. The van der Waals surface area contributed by atoms with Crippen molar-refractivity contribution in [3.8, 4) is 0 Å². The molecule has 0 bridgehead atoms. The van der Waals surface area contributed by atoms with E-state index in [1.807, 2.05) is 0 Å². The minimum atomic E-state index is 0.381. The zero-order chi connectivity index (χ0) is 9.19. The van der Waals surface area contributed by atoms with Crippen LogP contribution in [0.4, 0.5) is 0 Å². The van der Waals surface area contributed by atoms with Gasteiger partial charge in [0.05, 0.1) is 0 Å². The first-order valence-corrected chi connectivity index (χ1v) is 5.11. The summed E-state index contributed by atoms with van der Waals surface area (Å²) in [5.74, 6) is 0. The first kappa shape index (κ1) is 10.0. The smallest absolute Gasteiger partial charge is 0.0306 e. The van der Waals surface area contributed by atoms with Gasteiger partial charge in [0.15, 0.2) is 0 Å². The molecule has 2 unspecified atom stereocenters. The van der Waals surface area contributed by atoms with Crippen molar-refractivity contribution in [2.45, 2.75) is 45.7 Å². The number of hydrogen-bond acceptors (Lipinski definition) is 2. The molecule has 0 saturated carbocycles. The fraction of sp³-hybridized carbons (Fsp3) is 1.00. The van der Waals surface area contributed by atoms with E-state index in [-0.39, 0.29) is 0 Å². The lowest BCUT2D eigenvalue weighted by molar-refractivity contribution is 0.0346. The topological polar surface area (TPSA) is 15.3 Å². The first-order valence-electron chi connectivity index (χ1n) is 5.11. The zero-order valence-electron chi connectivity index (χ0n) is 8.85. The van der Waals surface area contributed by atoms with Crippen molar-refractivity contribution in [1.29, 1.82) is 0 Å². The van der Waals surface area contributed by atoms with Gasteiger partial charge in [0.1, 0.15) is 0 Å². The summed E-state index contributed by atoms with van der Waals surface area (Å²) in [6.07, 6.45) is 1.23. The summed E-state index contributed by atoms with van der Waals surface area (Å²) in [6, 6.07) is 0.689. The molecule has 12 heavy (non-hydrogen) atoms. The Balaban J connectivity index is 2.70. The van der Waals surface area contributed by atoms with E-state index >= 15 is 0 Å². The standard InChI is InChI=1S/C10H22N2/c1-5-10(4)8-11-7-9(3)12(10)6-2/h9,11H,5-8H2,1-4H3. The van der Waals surface area contributed by atoms with Crippen LogP contribution in [0, 0.1) is 0 Å². The van der Waals surface area contributed by atoms with Gasteiger partial charge in [0.25, 0.3) is 0 Å². The quantitative estimate of drug-likeness (QED) is 0.675. The Kier molecular flexibility index (Phi) is 3.13. The van der Waals surface area contributed by atoms with Crippen molar-refractivity contribution in [2.75, 3.05) is 19.6 Å². The SMILES string of the molecule is CCN1C(C)CNCC1(C)CC. The number of hydrogen-bond donors (Lipinski definition) is 1. The highest BCUT2D eigenvalue weighted by Crippen LogP contribution is 2.23. The molecule has 2 atom stereocenters. The van der Waals surface area contributed by atoms with Crippen LogP contribution in [0.1, 0.15) is 34.1 Å².